The average molecular weight is 214 g/mol. The van der Waals surface area contributed by atoms with Gasteiger partial charge in [0.25, 0.3) is 0 Å². The number of piperidine rings is 1. The predicted molar refractivity (Wildman–Crippen MR) is 66.5 cm³/mol. The van der Waals surface area contributed by atoms with Gasteiger partial charge in [0, 0.05) is 18.8 Å². The van der Waals surface area contributed by atoms with Gasteiger partial charge in [0.05, 0.1) is 12.0 Å². The Labute approximate surface area is 97.5 Å². The third-order valence-corrected chi connectivity index (χ3v) is 3.31. The van der Waals surface area contributed by atoms with E-state index in [1.807, 2.05) is 6.92 Å². The van der Waals surface area contributed by atoms with Crippen LogP contribution in [0.1, 0.15) is 37.7 Å². The summed E-state index contributed by atoms with van der Waals surface area (Å²) in [6.45, 7) is 4.29. The summed E-state index contributed by atoms with van der Waals surface area (Å²) in [5, 5.41) is 8.85. The van der Waals surface area contributed by atoms with Gasteiger partial charge in [-0.25, -0.2) is 0 Å². The van der Waals surface area contributed by atoms with Crippen LogP contribution >= 0.6 is 0 Å². The molecule has 0 spiro atoms. The SMILES string of the molecule is C[C@H](C#N)c1ccc(N2CCCCC2)cc1. The van der Waals surface area contributed by atoms with Crippen LogP contribution in [0.15, 0.2) is 24.3 Å². The lowest BCUT2D eigenvalue weighted by Crippen LogP contribution is -2.29. The lowest BCUT2D eigenvalue weighted by atomic mass is 10.0. The Bertz CT molecular complexity index is 369. The van der Waals surface area contributed by atoms with Crippen LogP contribution < -0.4 is 4.90 Å². The molecule has 0 amide bonds. The fourth-order valence-corrected chi connectivity index (χ4v) is 2.20. The third kappa shape index (κ3) is 2.36. The van der Waals surface area contributed by atoms with Crippen molar-refractivity contribution in [2.45, 2.75) is 32.1 Å². The largest absolute Gasteiger partial charge is 0.372 e. The fraction of sp³-hybridized carbons (Fsp3) is 0.500. The van der Waals surface area contributed by atoms with E-state index < -0.39 is 0 Å². The molecule has 1 aromatic carbocycles. The topological polar surface area (TPSA) is 27.0 Å². The van der Waals surface area contributed by atoms with E-state index in [9.17, 15) is 0 Å². The first-order valence-corrected chi connectivity index (χ1v) is 6.06. The molecule has 1 heterocycles. The maximum absolute atomic E-state index is 8.85. The molecule has 2 rings (SSSR count). The van der Waals surface area contributed by atoms with Crippen molar-refractivity contribution in [3.8, 4) is 6.07 Å². The Hall–Kier alpha value is -1.49. The summed E-state index contributed by atoms with van der Waals surface area (Å²) in [5.41, 5.74) is 2.41. The zero-order valence-electron chi connectivity index (χ0n) is 9.82. The van der Waals surface area contributed by atoms with Crippen LogP contribution in [0.3, 0.4) is 0 Å². The highest BCUT2D eigenvalue weighted by atomic mass is 15.1. The van der Waals surface area contributed by atoms with Crippen LogP contribution in [-0.2, 0) is 0 Å². The van der Waals surface area contributed by atoms with Crippen molar-refractivity contribution in [1.82, 2.24) is 0 Å². The van der Waals surface area contributed by atoms with Crippen LogP contribution in [0.25, 0.3) is 0 Å². The van der Waals surface area contributed by atoms with Crippen molar-refractivity contribution >= 4 is 5.69 Å². The quantitative estimate of drug-likeness (QED) is 0.755. The molecule has 0 saturated carbocycles. The smallest absolute Gasteiger partial charge is 0.0700 e. The summed E-state index contributed by atoms with van der Waals surface area (Å²) >= 11 is 0. The molecule has 1 aliphatic rings. The number of nitrogens with zero attached hydrogens (tertiary/aromatic N) is 2. The molecule has 1 atom stereocenters. The van der Waals surface area contributed by atoms with Gasteiger partial charge in [-0.05, 0) is 43.9 Å². The van der Waals surface area contributed by atoms with Gasteiger partial charge in [-0.1, -0.05) is 12.1 Å². The summed E-state index contributed by atoms with van der Waals surface area (Å²) in [6.07, 6.45) is 3.97. The molecule has 0 N–H and O–H groups in total. The molecule has 0 bridgehead atoms. The lowest BCUT2D eigenvalue weighted by Gasteiger charge is -2.28. The van der Waals surface area contributed by atoms with Crippen molar-refractivity contribution in [1.29, 1.82) is 5.26 Å². The van der Waals surface area contributed by atoms with E-state index in [0.29, 0.717) is 0 Å². The second-order valence-electron chi connectivity index (χ2n) is 4.49. The van der Waals surface area contributed by atoms with Gasteiger partial charge in [-0.15, -0.1) is 0 Å². The third-order valence-electron chi connectivity index (χ3n) is 3.31. The molecule has 2 heteroatoms. The highest BCUT2D eigenvalue weighted by molar-refractivity contribution is 5.48. The molecule has 1 aliphatic heterocycles. The Morgan fingerprint density at radius 3 is 2.31 bits per heavy atom. The van der Waals surface area contributed by atoms with Crippen LogP contribution in [0, 0.1) is 11.3 Å². The molecular formula is C14H18N2. The van der Waals surface area contributed by atoms with Gasteiger partial charge in [0.1, 0.15) is 0 Å². The fourth-order valence-electron chi connectivity index (χ4n) is 2.20. The van der Waals surface area contributed by atoms with Gasteiger partial charge in [0.15, 0.2) is 0 Å². The summed E-state index contributed by atoms with van der Waals surface area (Å²) in [4.78, 5) is 2.43. The molecular weight excluding hydrogens is 196 g/mol. The van der Waals surface area contributed by atoms with E-state index in [1.54, 1.807) is 0 Å². The Balaban J connectivity index is 2.09. The zero-order valence-corrected chi connectivity index (χ0v) is 9.82. The van der Waals surface area contributed by atoms with E-state index in [1.165, 1.54) is 38.0 Å². The zero-order chi connectivity index (χ0) is 11.4. The number of hydrogen-bond acceptors (Lipinski definition) is 2. The standard InChI is InChI=1S/C14H18N2/c1-12(11-15)13-5-7-14(8-6-13)16-9-3-2-4-10-16/h5-8,12H,2-4,9-10H2,1H3/t12-/m1/s1. The molecule has 0 unspecified atom stereocenters. The first-order valence-electron chi connectivity index (χ1n) is 6.06. The normalized spacial score (nSPS) is 17.9. The van der Waals surface area contributed by atoms with Gasteiger partial charge < -0.3 is 4.90 Å². The molecule has 84 valence electrons. The number of hydrogen-bond donors (Lipinski definition) is 0. The molecule has 2 nitrogen and oxygen atoms in total. The number of benzene rings is 1. The van der Waals surface area contributed by atoms with Crippen molar-refractivity contribution in [2.24, 2.45) is 0 Å². The molecule has 0 aliphatic carbocycles. The first-order chi connectivity index (χ1) is 7.81. The van der Waals surface area contributed by atoms with Crippen molar-refractivity contribution < 1.29 is 0 Å². The summed E-state index contributed by atoms with van der Waals surface area (Å²) < 4.78 is 0. The second-order valence-corrected chi connectivity index (χ2v) is 4.49. The van der Waals surface area contributed by atoms with E-state index in [-0.39, 0.29) is 5.92 Å². The molecule has 16 heavy (non-hydrogen) atoms. The van der Waals surface area contributed by atoms with Crippen molar-refractivity contribution in [3.63, 3.8) is 0 Å². The minimum absolute atomic E-state index is 0.00425. The summed E-state index contributed by atoms with van der Waals surface area (Å²) in [5.74, 6) is -0.00425. The lowest BCUT2D eigenvalue weighted by molar-refractivity contribution is 0.578. The van der Waals surface area contributed by atoms with Gasteiger partial charge in [-0.3, -0.25) is 0 Å². The minimum Gasteiger partial charge on any atom is -0.372 e. The van der Waals surface area contributed by atoms with Crippen LogP contribution in [-0.4, -0.2) is 13.1 Å². The minimum atomic E-state index is -0.00425. The predicted octanol–water partition coefficient (Wildman–Crippen LogP) is 3.30. The molecule has 1 saturated heterocycles. The summed E-state index contributed by atoms with van der Waals surface area (Å²) in [6, 6.07) is 10.7. The van der Waals surface area contributed by atoms with Crippen LogP contribution in [0.2, 0.25) is 0 Å². The monoisotopic (exact) mass is 214 g/mol. The van der Waals surface area contributed by atoms with Crippen molar-refractivity contribution in [3.05, 3.63) is 29.8 Å². The number of nitriles is 1. The van der Waals surface area contributed by atoms with E-state index in [4.69, 9.17) is 5.26 Å². The Morgan fingerprint density at radius 1 is 1.12 bits per heavy atom. The Morgan fingerprint density at radius 2 is 1.75 bits per heavy atom. The molecule has 1 fully saturated rings. The summed E-state index contributed by atoms with van der Waals surface area (Å²) in [7, 11) is 0. The van der Waals surface area contributed by atoms with E-state index in [2.05, 4.69) is 35.2 Å². The van der Waals surface area contributed by atoms with Crippen LogP contribution in [0.4, 0.5) is 5.69 Å². The van der Waals surface area contributed by atoms with E-state index >= 15 is 0 Å². The first kappa shape index (κ1) is 11.0. The van der Waals surface area contributed by atoms with E-state index in [0.717, 1.165) is 5.56 Å². The van der Waals surface area contributed by atoms with Gasteiger partial charge in [-0.2, -0.15) is 5.26 Å². The number of anilines is 1. The Kier molecular flexibility index (Phi) is 3.46. The molecule has 1 aromatic rings. The molecule has 0 radical (unpaired) electrons. The maximum atomic E-state index is 8.85. The maximum Gasteiger partial charge on any atom is 0.0700 e. The van der Waals surface area contributed by atoms with Gasteiger partial charge >= 0.3 is 0 Å². The molecule has 0 aromatic heterocycles. The van der Waals surface area contributed by atoms with Crippen LogP contribution in [0.5, 0.6) is 0 Å². The van der Waals surface area contributed by atoms with Crippen molar-refractivity contribution in [2.75, 3.05) is 18.0 Å². The second kappa shape index (κ2) is 5.03. The number of rotatable bonds is 2. The average Bonchev–Trinajstić information content (AvgIpc) is 2.39. The highest BCUT2D eigenvalue weighted by Gasteiger charge is 2.11. The van der Waals surface area contributed by atoms with Gasteiger partial charge in [0.2, 0.25) is 0 Å². The highest BCUT2D eigenvalue weighted by Crippen LogP contribution is 2.22.